The van der Waals surface area contributed by atoms with E-state index in [9.17, 15) is 18.8 Å². The van der Waals surface area contributed by atoms with Crippen molar-refractivity contribution in [3.05, 3.63) is 57.7 Å². The fourth-order valence-corrected chi connectivity index (χ4v) is 4.62. The van der Waals surface area contributed by atoms with Crippen molar-refractivity contribution in [3.8, 4) is 0 Å². The number of nitrogens with one attached hydrogen (secondary N) is 1. The van der Waals surface area contributed by atoms with Gasteiger partial charge < -0.3 is 15.8 Å². The molecule has 1 atom stereocenters. The van der Waals surface area contributed by atoms with Crippen LogP contribution in [-0.4, -0.2) is 24.4 Å². The number of primary amides is 1. The molecule has 3 rings (SSSR count). The second kappa shape index (κ2) is 9.00. The van der Waals surface area contributed by atoms with Crippen LogP contribution in [-0.2, 0) is 27.2 Å². The van der Waals surface area contributed by atoms with Crippen LogP contribution >= 0.6 is 11.3 Å². The smallest absolute Gasteiger partial charge is 0.331 e. The molecule has 8 heteroatoms. The van der Waals surface area contributed by atoms with Gasteiger partial charge in [-0.25, -0.2) is 9.18 Å². The lowest BCUT2D eigenvalue weighted by atomic mass is 9.88. The maximum absolute atomic E-state index is 12.9. The summed E-state index contributed by atoms with van der Waals surface area (Å²) >= 11 is 1.35. The molecule has 2 amide bonds. The van der Waals surface area contributed by atoms with Crippen LogP contribution in [0, 0.1) is 11.7 Å². The number of hydrogen-bond acceptors (Lipinski definition) is 5. The molecule has 2 aromatic rings. The first-order chi connectivity index (χ1) is 13.8. The van der Waals surface area contributed by atoms with Gasteiger partial charge in [-0.3, -0.25) is 9.59 Å². The Bertz CT molecular complexity index is 966. The number of anilines is 1. The van der Waals surface area contributed by atoms with Gasteiger partial charge in [0.15, 0.2) is 6.61 Å². The lowest BCUT2D eigenvalue weighted by Gasteiger charge is -2.18. The molecule has 0 radical (unpaired) electrons. The average Bonchev–Trinajstić information content (AvgIpc) is 3.02. The number of ether oxygens (including phenoxy) is 1. The van der Waals surface area contributed by atoms with E-state index in [2.05, 4.69) is 12.2 Å². The number of rotatable bonds is 6. The number of thiophene rings is 1. The Kier molecular flexibility index (Phi) is 6.43. The maximum atomic E-state index is 12.9. The molecule has 1 aliphatic rings. The third-order valence-electron chi connectivity index (χ3n) is 4.64. The molecular weight excluding hydrogens is 395 g/mol. The summed E-state index contributed by atoms with van der Waals surface area (Å²) in [4.78, 5) is 36.9. The number of nitrogens with two attached hydrogens (primary N) is 1. The van der Waals surface area contributed by atoms with E-state index >= 15 is 0 Å². The quantitative estimate of drug-likeness (QED) is 0.558. The summed E-state index contributed by atoms with van der Waals surface area (Å²) < 4.78 is 17.8. The van der Waals surface area contributed by atoms with Gasteiger partial charge in [-0.2, -0.15) is 0 Å². The molecule has 0 bridgehead atoms. The van der Waals surface area contributed by atoms with Gasteiger partial charge in [0.05, 0.1) is 5.56 Å². The molecule has 1 aromatic carbocycles. The van der Waals surface area contributed by atoms with Crippen LogP contribution in [0.1, 0.15) is 39.7 Å². The van der Waals surface area contributed by atoms with Crippen molar-refractivity contribution in [3.63, 3.8) is 0 Å². The van der Waals surface area contributed by atoms with E-state index < -0.39 is 24.4 Å². The van der Waals surface area contributed by atoms with E-state index in [-0.39, 0.29) is 5.82 Å². The Morgan fingerprint density at radius 3 is 2.72 bits per heavy atom. The number of carbonyl (C=O) groups is 3. The monoisotopic (exact) mass is 416 g/mol. The fourth-order valence-electron chi connectivity index (χ4n) is 3.19. The predicted molar refractivity (Wildman–Crippen MR) is 109 cm³/mol. The molecule has 1 heterocycles. The number of fused-ring (bicyclic) bond motifs is 1. The molecule has 0 unspecified atom stereocenters. The number of amides is 2. The van der Waals surface area contributed by atoms with Gasteiger partial charge in [-0.05, 0) is 54.5 Å². The second-order valence-corrected chi connectivity index (χ2v) is 8.07. The zero-order valence-corrected chi connectivity index (χ0v) is 16.7. The van der Waals surface area contributed by atoms with E-state index in [0.717, 1.165) is 35.8 Å². The first-order valence-corrected chi connectivity index (χ1v) is 9.99. The van der Waals surface area contributed by atoms with E-state index in [1.165, 1.54) is 41.7 Å². The number of carbonyl (C=O) groups excluding carboxylic acids is 3. The standard InChI is InChI=1S/C21H21FN2O4S/c1-12-2-8-15-16(10-12)29-21(19(15)20(23)27)24-17(25)11-28-18(26)9-5-13-3-6-14(22)7-4-13/h3-7,9,12H,2,8,10-11H2,1H3,(H2,23,27)(H,24,25)/b9-5+/t12-/m0/s1. The number of hydrogen-bond donors (Lipinski definition) is 2. The molecule has 0 saturated carbocycles. The highest BCUT2D eigenvalue weighted by atomic mass is 32.1. The van der Waals surface area contributed by atoms with Gasteiger partial charge in [0.1, 0.15) is 10.8 Å². The Balaban J connectivity index is 1.59. The van der Waals surface area contributed by atoms with E-state index in [1.807, 2.05) is 0 Å². The number of benzene rings is 1. The summed E-state index contributed by atoms with van der Waals surface area (Å²) in [7, 11) is 0. The lowest BCUT2D eigenvalue weighted by molar-refractivity contribution is -0.142. The topological polar surface area (TPSA) is 98.5 Å². The van der Waals surface area contributed by atoms with Crippen molar-refractivity contribution in [2.24, 2.45) is 11.7 Å². The minimum Gasteiger partial charge on any atom is -0.452 e. The molecule has 0 saturated heterocycles. The van der Waals surface area contributed by atoms with Crippen LogP contribution in [0.2, 0.25) is 0 Å². The number of halogens is 1. The molecule has 152 valence electrons. The van der Waals surface area contributed by atoms with Crippen LogP contribution in [0.5, 0.6) is 0 Å². The molecule has 3 N–H and O–H groups in total. The molecule has 1 aliphatic carbocycles. The van der Waals surface area contributed by atoms with Gasteiger partial charge in [0.25, 0.3) is 11.8 Å². The molecular formula is C21H21FN2O4S. The highest BCUT2D eigenvalue weighted by Gasteiger charge is 2.27. The SMILES string of the molecule is C[C@H]1CCc2c(sc(NC(=O)COC(=O)/C=C/c3ccc(F)cc3)c2C(N)=O)C1. The van der Waals surface area contributed by atoms with E-state index in [4.69, 9.17) is 10.5 Å². The highest BCUT2D eigenvalue weighted by Crippen LogP contribution is 2.39. The van der Waals surface area contributed by atoms with Crippen LogP contribution < -0.4 is 11.1 Å². The van der Waals surface area contributed by atoms with Crippen LogP contribution in [0.4, 0.5) is 9.39 Å². The van der Waals surface area contributed by atoms with Crippen molar-refractivity contribution in [1.82, 2.24) is 0 Å². The van der Waals surface area contributed by atoms with Crippen LogP contribution in [0.25, 0.3) is 6.08 Å². The molecule has 1 aromatic heterocycles. The molecule has 6 nitrogen and oxygen atoms in total. The van der Waals surface area contributed by atoms with Gasteiger partial charge in [-0.15, -0.1) is 11.3 Å². The van der Waals surface area contributed by atoms with Crippen LogP contribution in [0.15, 0.2) is 30.3 Å². The van der Waals surface area contributed by atoms with E-state index in [1.54, 1.807) is 0 Å². The Morgan fingerprint density at radius 1 is 1.31 bits per heavy atom. The summed E-state index contributed by atoms with van der Waals surface area (Å²) in [5.74, 6) is -1.70. The zero-order valence-electron chi connectivity index (χ0n) is 15.9. The summed E-state index contributed by atoms with van der Waals surface area (Å²) in [5.41, 5.74) is 7.41. The lowest BCUT2D eigenvalue weighted by Crippen LogP contribution is -2.22. The molecule has 0 fully saturated rings. The Morgan fingerprint density at radius 2 is 2.03 bits per heavy atom. The largest absolute Gasteiger partial charge is 0.452 e. The summed E-state index contributed by atoms with van der Waals surface area (Å²) in [6.45, 7) is 1.65. The Hall–Kier alpha value is -3.00. The maximum Gasteiger partial charge on any atom is 0.331 e. The average molecular weight is 416 g/mol. The van der Waals surface area contributed by atoms with Crippen molar-refractivity contribution in [2.45, 2.75) is 26.2 Å². The zero-order chi connectivity index (χ0) is 21.0. The van der Waals surface area contributed by atoms with Crippen molar-refractivity contribution in [2.75, 3.05) is 11.9 Å². The Labute approximate surface area is 171 Å². The second-order valence-electron chi connectivity index (χ2n) is 6.96. The molecule has 0 spiro atoms. The van der Waals surface area contributed by atoms with Crippen molar-refractivity contribution in [1.29, 1.82) is 0 Å². The van der Waals surface area contributed by atoms with Gasteiger partial charge in [-0.1, -0.05) is 19.1 Å². The third kappa shape index (κ3) is 5.29. The van der Waals surface area contributed by atoms with Gasteiger partial charge in [0.2, 0.25) is 0 Å². The van der Waals surface area contributed by atoms with Crippen molar-refractivity contribution < 1.29 is 23.5 Å². The van der Waals surface area contributed by atoms with Gasteiger partial charge in [0, 0.05) is 11.0 Å². The third-order valence-corrected chi connectivity index (χ3v) is 5.81. The summed E-state index contributed by atoms with van der Waals surface area (Å²) in [5, 5.41) is 3.04. The normalized spacial score (nSPS) is 15.7. The summed E-state index contributed by atoms with van der Waals surface area (Å²) in [6.07, 6.45) is 5.18. The van der Waals surface area contributed by atoms with Crippen molar-refractivity contribution >= 4 is 40.2 Å². The molecule has 29 heavy (non-hydrogen) atoms. The van der Waals surface area contributed by atoms with Gasteiger partial charge >= 0.3 is 5.97 Å². The van der Waals surface area contributed by atoms with E-state index in [0.29, 0.717) is 22.0 Å². The highest BCUT2D eigenvalue weighted by molar-refractivity contribution is 7.17. The minimum absolute atomic E-state index is 0.354. The number of esters is 1. The summed E-state index contributed by atoms with van der Waals surface area (Å²) in [6, 6.07) is 5.57. The van der Waals surface area contributed by atoms with Crippen LogP contribution in [0.3, 0.4) is 0 Å². The molecule has 0 aliphatic heterocycles. The fraction of sp³-hybridized carbons (Fsp3) is 0.286. The first-order valence-electron chi connectivity index (χ1n) is 9.18. The predicted octanol–water partition coefficient (Wildman–Crippen LogP) is 3.31. The minimum atomic E-state index is -0.709. The first kappa shape index (κ1) is 20.7.